The molecule has 0 amide bonds. The zero-order chi connectivity index (χ0) is 14.0. The molecule has 0 spiro atoms. The lowest BCUT2D eigenvalue weighted by Crippen LogP contribution is -2.22. The van der Waals surface area contributed by atoms with Gasteiger partial charge in [-0.25, -0.2) is 0 Å². The van der Waals surface area contributed by atoms with Crippen molar-refractivity contribution in [3.63, 3.8) is 0 Å². The molecule has 1 aromatic carbocycles. The van der Waals surface area contributed by atoms with Gasteiger partial charge in [0.05, 0.1) is 5.92 Å². The van der Waals surface area contributed by atoms with Crippen LogP contribution in [0.3, 0.4) is 0 Å². The van der Waals surface area contributed by atoms with Gasteiger partial charge in [0, 0.05) is 22.5 Å². The number of rotatable bonds is 4. The van der Waals surface area contributed by atoms with Crippen LogP contribution in [0, 0.1) is 0 Å². The summed E-state index contributed by atoms with van der Waals surface area (Å²) in [5.74, 6) is 1.17. The maximum atomic E-state index is 6.11. The summed E-state index contributed by atoms with van der Waals surface area (Å²) in [6.45, 7) is 3.86. The van der Waals surface area contributed by atoms with Crippen LogP contribution in [-0.2, 0) is 6.42 Å². The minimum atomic E-state index is -0.0348. The van der Waals surface area contributed by atoms with Gasteiger partial charge >= 0.3 is 0 Å². The molecular formula is C13H15Cl2N3O. The van der Waals surface area contributed by atoms with Crippen LogP contribution < -0.4 is 5.73 Å². The SMILES string of the molecule is CC(N)C(C)c1nc(Cc2ccc(Cl)cc2Cl)no1. The lowest BCUT2D eigenvalue weighted by atomic mass is 10.1. The zero-order valence-corrected chi connectivity index (χ0v) is 12.2. The van der Waals surface area contributed by atoms with Crippen molar-refractivity contribution >= 4 is 23.2 Å². The number of hydrogen-bond acceptors (Lipinski definition) is 4. The largest absolute Gasteiger partial charge is 0.339 e. The molecule has 1 heterocycles. The summed E-state index contributed by atoms with van der Waals surface area (Å²) in [5, 5.41) is 5.15. The van der Waals surface area contributed by atoms with Crippen LogP contribution in [0.4, 0.5) is 0 Å². The highest BCUT2D eigenvalue weighted by atomic mass is 35.5. The molecule has 0 fully saturated rings. The first kappa shape index (κ1) is 14.3. The summed E-state index contributed by atoms with van der Waals surface area (Å²) < 4.78 is 5.21. The topological polar surface area (TPSA) is 64.9 Å². The quantitative estimate of drug-likeness (QED) is 0.939. The van der Waals surface area contributed by atoms with Gasteiger partial charge in [0.2, 0.25) is 5.89 Å². The maximum Gasteiger partial charge on any atom is 0.231 e. The third-order valence-corrected chi connectivity index (χ3v) is 3.61. The molecule has 4 nitrogen and oxygen atoms in total. The van der Waals surface area contributed by atoms with Gasteiger partial charge in [-0.1, -0.05) is 41.3 Å². The van der Waals surface area contributed by atoms with E-state index in [2.05, 4.69) is 10.1 Å². The van der Waals surface area contributed by atoms with E-state index in [-0.39, 0.29) is 12.0 Å². The summed E-state index contributed by atoms with van der Waals surface area (Å²) in [7, 11) is 0. The number of hydrogen-bond donors (Lipinski definition) is 1. The Labute approximate surface area is 121 Å². The lowest BCUT2D eigenvalue weighted by molar-refractivity contribution is 0.343. The molecule has 6 heteroatoms. The molecule has 0 saturated heterocycles. The zero-order valence-electron chi connectivity index (χ0n) is 10.7. The number of nitrogens with zero attached hydrogens (tertiary/aromatic N) is 2. The van der Waals surface area contributed by atoms with Crippen LogP contribution in [0.5, 0.6) is 0 Å². The Morgan fingerprint density at radius 1 is 1.32 bits per heavy atom. The highest BCUT2D eigenvalue weighted by Gasteiger charge is 2.18. The molecule has 0 bridgehead atoms. The smallest absolute Gasteiger partial charge is 0.231 e. The van der Waals surface area contributed by atoms with Crippen molar-refractivity contribution < 1.29 is 4.52 Å². The second-order valence-electron chi connectivity index (χ2n) is 4.61. The molecule has 0 aliphatic carbocycles. The first-order valence-corrected chi connectivity index (χ1v) is 6.75. The molecule has 1 aromatic heterocycles. The van der Waals surface area contributed by atoms with E-state index in [0.717, 1.165) is 5.56 Å². The van der Waals surface area contributed by atoms with E-state index in [1.54, 1.807) is 12.1 Å². The normalized spacial score (nSPS) is 14.4. The van der Waals surface area contributed by atoms with Crippen LogP contribution in [0.1, 0.15) is 37.0 Å². The van der Waals surface area contributed by atoms with E-state index in [9.17, 15) is 0 Å². The highest BCUT2D eigenvalue weighted by molar-refractivity contribution is 6.35. The Hall–Kier alpha value is -1.10. The molecular weight excluding hydrogens is 285 g/mol. The van der Waals surface area contributed by atoms with Crippen molar-refractivity contribution in [1.82, 2.24) is 10.1 Å². The summed E-state index contributed by atoms with van der Waals surface area (Å²) in [5.41, 5.74) is 6.72. The Morgan fingerprint density at radius 3 is 2.68 bits per heavy atom. The number of benzene rings is 1. The molecule has 2 aromatic rings. The first-order valence-electron chi connectivity index (χ1n) is 5.99. The van der Waals surface area contributed by atoms with Gasteiger partial charge in [-0.05, 0) is 24.6 Å². The van der Waals surface area contributed by atoms with Crippen molar-refractivity contribution in [3.8, 4) is 0 Å². The van der Waals surface area contributed by atoms with Gasteiger partial charge in [0.25, 0.3) is 0 Å². The molecule has 2 rings (SSSR count). The van der Waals surface area contributed by atoms with Crippen molar-refractivity contribution in [1.29, 1.82) is 0 Å². The van der Waals surface area contributed by atoms with Crippen LogP contribution in [0.15, 0.2) is 22.7 Å². The van der Waals surface area contributed by atoms with Gasteiger partial charge in [0.15, 0.2) is 5.82 Å². The maximum absolute atomic E-state index is 6.11. The van der Waals surface area contributed by atoms with E-state index in [4.69, 9.17) is 33.5 Å². The summed E-state index contributed by atoms with van der Waals surface area (Å²) in [6, 6.07) is 5.31. The van der Waals surface area contributed by atoms with Crippen molar-refractivity contribution in [2.75, 3.05) is 0 Å². The molecule has 2 N–H and O–H groups in total. The Kier molecular flexibility index (Phi) is 4.45. The van der Waals surface area contributed by atoms with Crippen LogP contribution >= 0.6 is 23.2 Å². The minimum Gasteiger partial charge on any atom is -0.339 e. The highest BCUT2D eigenvalue weighted by Crippen LogP contribution is 2.23. The summed E-state index contributed by atoms with van der Waals surface area (Å²) >= 11 is 12.0. The third kappa shape index (κ3) is 3.47. The molecule has 0 aliphatic rings. The Bertz CT molecular complexity index is 569. The van der Waals surface area contributed by atoms with Gasteiger partial charge in [-0.3, -0.25) is 0 Å². The second kappa shape index (κ2) is 5.90. The second-order valence-corrected chi connectivity index (χ2v) is 5.45. The predicted octanol–water partition coefficient (Wildman–Crippen LogP) is 3.42. The van der Waals surface area contributed by atoms with Crippen LogP contribution in [0.2, 0.25) is 10.0 Å². The van der Waals surface area contributed by atoms with E-state index in [1.165, 1.54) is 0 Å². The number of halogens is 2. The fraction of sp³-hybridized carbons (Fsp3) is 0.385. The molecule has 19 heavy (non-hydrogen) atoms. The Morgan fingerprint density at radius 2 is 2.05 bits per heavy atom. The van der Waals surface area contributed by atoms with Gasteiger partial charge in [-0.15, -0.1) is 0 Å². The number of nitrogens with two attached hydrogens (primary N) is 1. The lowest BCUT2D eigenvalue weighted by Gasteiger charge is -2.09. The molecule has 102 valence electrons. The number of aromatic nitrogens is 2. The van der Waals surface area contributed by atoms with Crippen molar-refractivity contribution in [2.45, 2.75) is 32.2 Å². The van der Waals surface area contributed by atoms with E-state index in [1.807, 2.05) is 19.9 Å². The molecule has 0 aliphatic heterocycles. The van der Waals surface area contributed by atoms with Crippen molar-refractivity contribution in [3.05, 3.63) is 45.5 Å². The van der Waals surface area contributed by atoms with Gasteiger partial charge in [0.1, 0.15) is 0 Å². The van der Waals surface area contributed by atoms with Crippen LogP contribution in [-0.4, -0.2) is 16.2 Å². The molecule has 2 unspecified atom stereocenters. The summed E-state index contributed by atoms with van der Waals surface area (Å²) in [4.78, 5) is 4.34. The predicted molar refractivity (Wildman–Crippen MR) is 75.6 cm³/mol. The van der Waals surface area contributed by atoms with Gasteiger partial charge < -0.3 is 10.3 Å². The van der Waals surface area contributed by atoms with Crippen molar-refractivity contribution in [2.24, 2.45) is 5.73 Å². The molecule has 0 saturated carbocycles. The minimum absolute atomic E-state index is 0.0296. The molecule has 0 radical (unpaired) electrons. The van der Waals surface area contributed by atoms with E-state index >= 15 is 0 Å². The monoisotopic (exact) mass is 299 g/mol. The fourth-order valence-corrected chi connectivity index (χ4v) is 2.06. The first-order chi connectivity index (χ1) is 8.97. The average Bonchev–Trinajstić information content (AvgIpc) is 2.80. The van der Waals surface area contributed by atoms with Crippen LogP contribution in [0.25, 0.3) is 0 Å². The standard InChI is InChI=1S/C13H15Cl2N3O/c1-7(8(2)16)13-17-12(18-19-13)5-9-3-4-10(14)6-11(9)15/h3-4,6-8H,5,16H2,1-2H3. The third-order valence-electron chi connectivity index (χ3n) is 3.03. The molecule has 2 atom stereocenters. The average molecular weight is 300 g/mol. The fourth-order valence-electron chi connectivity index (χ4n) is 1.58. The van der Waals surface area contributed by atoms with Gasteiger partial charge in [-0.2, -0.15) is 4.98 Å². The summed E-state index contributed by atoms with van der Waals surface area (Å²) in [6.07, 6.45) is 0.505. The Balaban J connectivity index is 2.16. The van der Waals surface area contributed by atoms with E-state index < -0.39 is 0 Å². The van der Waals surface area contributed by atoms with E-state index in [0.29, 0.717) is 28.2 Å².